The van der Waals surface area contributed by atoms with Crippen molar-refractivity contribution in [2.75, 3.05) is 11.9 Å². The van der Waals surface area contributed by atoms with Gasteiger partial charge in [0.2, 0.25) is 5.88 Å². The number of nitrogens with two attached hydrogens (primary N) is 1. The average molecular weight is 417 g/mol. The Morgan fingerprint density at radius 2 is 2.31 bits per heavy atom. The van der Waals surface area contributed by atoms with Gasteiger partial charge in [0.25, 0.3) is 0 Å². The van der Waals surface area contributed by atoms with Crippen LogP contribution in [-0.4, -0.2) is 37.8 Å². The first-order valence-corrected chi connectivity index (χ1v) is 11.3. The zero-order valence-corrected chi connectivity index (χ0v) is 16.9. The van der Waals surface area contributed by atoms with E-state index in [1.54, 1.807) is 0 Å². The third-order valence-corrected chi connectivity index (χ3v) is 7.28. The van der Waals surface area contributed by atoms with Gasteiger partial charge in [0.1, 0.15) is 11.0 Å². The molecule has 10 heteroatoms. The lowest BCUT2D eigenvalue weighted by atomic mass is 9.75. The van der Waals surface area contributed by atoms with E-state index in [1.807, 2.05) is 0 Å². The number of aliphatic hydroxyl groups is 1. The summed E-state index contributed by atoms with van der Waals surface area (Å²) in [6.45, 7) is 2.26. The molecule has 9 nitrogen and oxygen atoms in total. The van der Waals surface area contributed by atoms with Gasteiger partial charge in [0.05, 0.1) is 19.3 Å². The number of ether oxygens (including phenoxy) is 1. The smallest absolute Gasteiger partial charge is 0.354 e. The lowest BCUT2D eigenvalue weighted by molar-refractivity contribution is 0.130. The van der Waals surface area contributed by atoms with E-state index < -0.39 is 22.1 Å². The topological polar surface area (TPSA) is 132 Å². The van der Waals surface area contributed by atoms with Crippen molar-refractivity contribution in [3.8, 4) is 5.88 Å². The number of carbonyl (C=O) groups excluding carboxylic acids is 1. The Morgan fingerprint density at radius 3 is 3.07 bits per heavy atom. The van der Waals surface area contributed by atoms with Gasteiger partial charge in [-0.25, -0.2) is 18.8 Å². The molecular formula is C19H23N5O4S. The minimum absolute atomic E-state index is 0.0586. The molecule has 3 aliphatic rings. The molecule has 1 aromatic heterocycles. The first-order chi connectivity index (χ1) is 13.9. The SMILES string of the molecule is C[C@@H]1Cc2cc3c(c(NC(=O)N=S(N)(=O)c4cnn5c4O[C@H](CO)C5)c21)CCC3. The molecule has 1 aromatic carbocycles. The number of hydrogen-bond donors (Lipinski definition) is 3. The molecule has 5 rings (SSSR count). The zero-order valence-electron chi connectivity index (χ0n) is 16.1. The summed E-state index contributed by atoms with van der Waals surface area (Å²) in [7, 11) is -3.55. The van der Waals surface area contributed by atoms with Crippen molar-refractivity contribution in [2.24, 2.45) is 9.50 Å². The molecule has 1 aliphatic heterocycles. The number of rotatable bonds is 3. The van der Waals surface area contributed by atoms with E-state index in [9.17, 15) is 14.1 Å². The maximum absolute atomic E-state index is 13.0. The van der Waals surface area contributed by atoms with E-state index in [0.717, 1.165) is 42.5 Å². The summed E-state index contributed by atoms with van der Waals surface area (Å²) in [5.74, 6) is 0.558. The van der Waals surface area contributed by atoms with Crippen LogP contribution in [0.2, 0.25) is 0 Å². The van der Waals surface area contributed by atoms with Crippen LogP contribution in [0.1, 0.15) is 41.5 Å². The summed E-state index contributed by atoms with van der Waals surface area (Å²) >= 11 is 0. The number of nitrogens with zero attached hydrogens (tertiary/aromatic N) is 3. The maximum atomic E-state index is 13.0. The van der Waals surface area contributed by atoms with Crippen LogP contribution in [-0.2, 0) is 35.7 Å². The molecule has 1 unspecified atom stereocenters. The van der Waals surface area contributed by atoms with Crippen LogP contribution < -0.4 is 15.2 Å². The van der Waals surface area contributed by atoms with Gasteiger partial charge in [-0.15, -0.1) is 4.36 Å². The number of carbonyl (C=O) groups is 1. The molecule has 0 radical (unpaired) electrons. The normalized spacial score (nSPS) is 23.3. The van der Waals surface area contributed by atoms with E-state index in [2.05, 4.69) is 27.8 Å². The highest BCUT2D eigenvalue weighted by molar-refractivity contribution is 7.91. The van der Waals surface area contributed by atoms with Crippen molar-refractivity contribution in [3.63, 3.8) is 0 Å². The molecule has 154 valence electrons. The first kappa shape index (κ1) is 18.6. The fourth-order valence-electron chi connectivity index (χ4n) is 4.59. The molecule has 29 heavy (non-hydrogen) atoms. The quantitative estimate of drug-likeness (QED) is 0.700. The number of nitrogens with one attached hydrogen (secondary N) is 1. The third kappa shape index (κ3) is 2.93. The standard InChI is InChI=1S/C19H23N5O4S/c1-10-5-12-6-11-3-2-4-14(11)17(16(10)12)22-19(26)23-29(20,27)15-7-21-24-8-13(9-25)28-18(15)24/h6-7,10,13,25H,2-5,8-9H2,1H3,(H3,20,22,23,26,27)/t10-,13+,29?/m1/s1. The van der Waals surface area contributed by atoms with Gasteiger partial charge in [0.15, 0.2) is 9.92 Å². The van der Waals surface area contributed by atoms with E-state index in [4.69, 9.17) is 9.88 Å². The summed E-state index contributed by atoms with van der Waals surface area (Å²) in [5, 5.41) is 22.1. The largest absolute Gasteiger partial charge is 0.469 e. The summed E-state index contributed by atoms with van der Waals surface area (Å²) in [5.41, 5.74) is 5.66. The average Bonchev–Trinajstić information content (AvgIpc) is 3.34. The molecule has 4 N–H and O–H groups in total. The van der Waals surface area contributed by atoms with Crippen LogP contribution >= 0.6 is 0 Å². The minimum atomic E-state index is -3.55. The van der Waals surface area contributed by atoms with Gasteiger partial charge in [-0.1, -0.05) is 13.0 Å². The molecule has 0 saturated heterocycles. The number of benzene rings is 1. The van der Waals surface area contributed by atoms with Crippen molar-refractivity contribution in [1.82, 2.24) is 9.78 Å². The maximum Gasteiger partial charge on any atom is 0.354 e. The van der Waals surface area contributed by atoms with Gasteiger partial charge in [-0.3, -0.25) is 0 Å². The summed E-state index contributed by atoms with van der Waals surface area (Å²) in [4.78, 5) is 12.8. The van der Waals surface area contributed by atoms with E-state index >= 15 is 0 Å². The number of hydrogen-bond acceptors (Lipinski definition) is 5. The Hall–Kier alpha value is -2.43. The van der Waals surface area contributed by atoms with Crippen molar-refractivity contribution in [2.45, 2.75) is 56.1 Å². The van der Waals surface area contributed by atoms with Gasteiger partial charge < -0.3 is 15.2 Å². The van der Waals surface area contributed by atoms with E-state index in [0.29, 0.717) is 12.5 Å². The second-order valence-electron chi connectivity index (χ2n) is 7.93. The predicted molar refractivity (Wildman–Crippen MR) is 106 cm³/mol. The third-order valence-electron chi connectivity index (χ3n) is 5.93. The lowest BCUT2D eigenvalue weighted by Gasteiger charge is -2.31. The highest BCUT2D eigenvalue weighted by Crippen LogP contribution is 2.45. The van der Waals surface area contributed by atoms with Crippen molar-refractivity contribution in [3.05, 3.63) is 34.5 Å². The number of amides is 2. The molecule has 2 amide bonds. The van der Waals surface area contributed by atoms with Crippen molar-refractivity contribution in [1.29, 1.82) is 0 Å². The number of aliphatic hydroxyl groups excluding tert-OH is 1. The summed E-state index contributed by atoms with van der Waals surface area (Å²) in [6, 6.07) is 1.51. The van der Waals surface area contributed by atoms with Crippen molar-refractivity contribution >= 4 is 21.6 Å². The molecule has 0 spiro atoms. The molecule has 0 saturated carbocycles. The Balaban J connectivity index is 1.46. The van der Waals surface area contributed by atoms with Crippen LogP contribution in [0.4, 0.5) is 10.5 Å². The molecule has 2 heterocycles. The molecule has 0 fully saturated rings. The highest BCUT2D eigenvalue weighted by atomic mass is 32.2. The lowest BCUT2D eigenvalue weighted by Crippen LogP contribution is -2.23. The van der Waals surface area contributed by atoms with Gasteiger partial charge >= 0.3 is 6.03 Å². The molecule has 2 aliphatic carbocycles. The van der Waals surface area contributed by atoms with Crippen LogP contribution in [0, 0.1) is 0 Å². The molecule has 2 aromatic rings. The zero-order chi connectivity index (χ0) is 20.3. The van der Waals surface area contributed by atoms with Crippen LogP contribution in [0.3, 0.4) is 0 Å². The number of anilines is 1. The van der Waals surface area contributed by atoms with Crippen LogP contribution in [0.5, 0.6) is 5.88 Å². The second-order valence-corrected chi connectivity index (χ2v) is 9.69. The van der Waals surface area contributed by atoms with Gasteiger partial charge in [-0.2, -0.15) is 5.10 Å². The van der Waals surface area contributed by atoms with Crippen LogP contribution in [0.15, 0.2) is 21.5 Å². The van der Waals surface area contributed by atoms with E-state index in [1.165, 1.54) is 22.0 Å². The molecule has 0 bridgehead atoms. The molecular weight excluding hydrogens is 394 g/mol. The Labute approximate surface area is 168 Å². The molecule has 3 atom stereocenters. The number of fused-ring (bicyclic) bond motifs is 3. The Kier molecular flexibility index (Phi) is 4.19. The van der Waals surface area contributed by atoms with Crippen LogP contribution in [0.25, 0.3) is 0 Å². The first-order valence-electron chi connectivity index (χ1n) is 9.74. The van der Waals surface area contributed by atoms with E-state index in [-0.39, 0.29) is 17.4 Å². The minimum Gasteiger partial charge on any atom is -0.469 e. The number of aromatic nitrogens is 2. The highest BCUT2D eigenvalue weighted by Gasteiger charge is 2.33. The fourth-order valence-corrected chi connectivity index (χ4v) is 5.58. The summed E-state index contributed by atoms with van der Waals surface area (Å²) in [6.07, 6.45) is 4.81. The summed E-state index contributed by atoms with van der Waals surface area (Å²) < 4.78 is 23.8. The number of urea groups is 1. The van der Waals surface area contributed by atoms with Gasteiger partial charge in [-0.05, 0) is 53.9 Å². The second kappa shape index (κ2) is 6.54. The Bertz CT molecular complexity index is 1140. The predicted octanol–water partition coefficient (Wildman–Crippen LogP) is 1.72. The fraction of sp³-hybridized carbons (Fsp3) is 0.474. The van der Waals surface area contributed by atoms with Gasteiger partial charge in [0, 0.05) is 5.69 Å². The number of aryl methyl sites for hydroxylation is 1. The van der Waals surface area contributed by atoms with Crippen molar-refractivity contribution < 1.29 is 18.8 Å². The monoisotopic (exact) mass is 417 g/mol. The Morgan fingerprint density at radius 1 is 1.48 bits per heavy atom.